The lowest BCUT2D eigenvalue weighted by Crippen LogP contribution is -2.48. The first kappa shape index (κ1) is 11.9. The van der Waals surface area contributed by atoms with Crippen LogP contribution in [0.5, 0.6) is 0 Å². The van der Waals surface area contributed by atoms with Crippen molar-refractivity contribution in [1.29, 1.82) is 0 Å². The molecule has 0 bridgehead atoms. The third-order valence-electron chi connectivity index (χ3n) is 3.46. The van der Waals surface area contributed by atoms with E-state index >= 15 is 0 Å². The Balaban J connectivity index is 1.58. The van der Waals surface area contributed by atoms with Gasteiger partial charge in [-0.2, -0.15) is 0 Å². The van der Waals surface area contributed by atoms with Gasteiger partial charge in [-0.05, 0) is 39.2 Å². The standard InChI is InChI=1S/C12H22N2O2/c1-2-16-11-6-10(7-11)14-12(15)8-9-4-3-5-13-9/h9-11,13H,2-8H2,1H3,(H,14,15). The molecule has 1 aliphatic heterocycles. The minimum Gasteiger partial charge on any atom is -0.378 e. The van der Waals surface area contributed by atoms with Crippen molar-refractivity contribution in [3.8, 4) is 0 Å². The minimum atomic E-state index is 0.194. The van der Waals surface area contributed by atoms with Gasteiger partial charge in [-0.15, -0.1) is 0 Å². The first-order chi connectivity index (χ1) is 7.78. The van der Waals surface area contributed by atoms with Gasteiger partial charge >= 0.3 is 0 Å². The van der Waals surface area contributed by atoms with Crippen molar-refractivity contribution in [3.05, 3.63) is 0 Å². The van der Waals surface area contributed by atoms with Crippen LogP contribution >= 0.6 is 0 Å². The molecule has 1 saturated heterocycles. The molecular formula is C12H22N2O2. The number of nitrogens with one attached hydrogen (secondary N) is 2. The highest BCUT2D eigenvalue weighted by Gasteiger charge is 2.31. The maximum absolute atomic E-state index is 11.7. The van der Waals surface area contributed by atoms with Gasteiger partial charge in [0.05, 0.1) is 6.10 Å². The highest BCUT2D eigenvalue weighted by Crippen LogP contribution is 2.23. The van der Waals surface area contributed by atoms with Crippen molar-refractivity contribution in [1.82, 2.24) is 10.6 Å². The van der Waals surface area contributed by atoms with Gasteiger partial charge < -0.3 is 15.4 Å². The summed E-state index contributed by atoms with van der Waals surface area (Å²) in [6.07, 6.45) is 5.32. The van der Waals surface area contributed by atoms with Crippen LogP contribution in [0.25, 0.3) is 0 Å². The van der Waals surface area contributed by atoms with E-state index in [0.29, 0.717) is 24.6 Å². The Bertz CT molecular complexity index is 233. The lowest BCUT2D eigenvalue weighted by Gasteiger charge is -2.35. The molecule has 92 valence electrons. The van der Waals surface area contributed by atoms with Gasteiger partial charge in [0.15, 0.2) is 0 Å². The average molecular weight is 226 g/mol. The zero-order valence-corrected chi connectivity index (χ0v) is 10.00. The second kappa shape index (κ2) is 5.64. The summed E-state index contributed by atoms with van der Waals surface area (Å²) in [5.41, 5.74) is 0. The van der Waals surface area contributed by atoms with Crippen molar-refractivity contribution in [2.24, 2.45) is 0 Å². The SMILES string of the molecule is CCOC1CC(NC(=O)CC2CCCN2)C1. The average Bonchev–Trinajstić information content (AvgIpc) is 2.67. The van der Waals surface area contributed by atoms with Gasteiger partial charge in [0, 0.05) is 25.1 Å². The van der Waals surface area contributed by atoms with Crippen LogP contribution in [-0.4, -0.2) is 37.2 Å². The van der Waals surface area contributed by atoms with E-state index in [2.05, 4.69) is 10.6 Å². The molecule has 0 radical (unpaired) electrons. The predicted molar refractivity (Wildman–Crippen MR) is 62.2 cm³/mol. The molecule has 4 nitrogen and oxygen atoms in total. The monoisotopic (exact) mass is 226 g/mol. The first-order valence-corrected chi connectivity index (χ1v) is 6.42. The third kappa shape index (κ3) is 3.19. The molecule has 0 aromatic carbocycles. The zero-order valence-electron chi connectivity index (χ0n) is 10.00. The summed E-state index contributed by atoms with van der Waals surface area (Å²) in [4.78, 5) is 11.7. The Labute approximate surface area is 97.1 Å². The zero-order chi connectivity index (χ0) is 11.4. The molecule has 0 spiro atoms. The van der Waals surface area contributed by atoms with Crippen LogP contribution in [0, 0.1) is 0 Å². The van der Waals surface area contributed by atoms with Gasteiger partial charge in [-0.1, -0.05) is 0 Å². The lowest BCUT2D eigenvalue weighted by atomic mass is 9.89. The van der Waals surface area contributed by atoms with Crippen LogP contribution in [0.1, 0.15) is 39.0 Å². The molecule has 1 unspecified atom stereocenters. The lowest BCUT2D eigenvalue weighted by molar-refractivity contribution is -0.124. The second-order valence-corrected chi connectivity index (χ2v) is 4.81. The summed E-state index contributed by atoms with van der Waals surface area (Å²) in [7, 11) is 0. The minimum absolute atomic E-state index is 0.194. The third-order valence-corrected chi connectivity index (χ3v) is 3.46. The summed E-state index contributed by atoms with van der Waals surface area (Å²) >= 11 is 0. The number of hydrogen-bond donors (Lipinski definition) is 2. The fourth-order valence-electron chi connectivity index (χ4n) is 2.50. The van der Waals surface area contributed by atoms with Crippen LogP contribution < -0.4 is 10.6 Å². The van der Waals surface area contributed by atoms with Crippen LogP contribution in [-0.2, 0) is 9.53 Å². The van der Waals surface area contributed by atoms with Gasteiger partial charge in [-0.3, -0.25) is 4.79 Å². The molecule has 2 aliphatic rings. The van der Waals surface area contributed by atoms with Crippen molar-refractivity contribution < 1.29 is 9.53 Å². The van der Waals surface area contributed by atoms with Gasteiger partial charge in [0.2, 0.25) is 5.91 Å². The maximum atomic E-state index is 11.7. The highest BCUT2D eigenvalue weighted by atomic mass is 16.5. The van der Waals surface area contributed by atoms with E-state index in [-0.39, 0.29) is 5.91 Å². The van der Waals surface area contributed by atoms with Crippen LogP contribution in [0.4, 0.5) is 0 Å². The molecule has 1 aliphatic carbocycles. The predicted octanol–water partition coefficient (Wildman–Crippen LogP) is 0.812. The largest absolute Gasteiger partial charge is 0.378 e. The molecular weight excluding hydrogens is 204 g/mol. The van der Waals surface area contributed by atoms with E-state index in [9.17, 15) is 4.79 Å². The Morgan fingerprint density at radius 3 is 2.94 bits per heavy atom. The van der Waals surface area contributed by atoms with E-state index in [0.717, 1.165) is 32.4 Å². The molecule has 1 saturated carbocycles. The van der Waals surface area contributed by atoms with Crippen molar-refractivity contribution in [3.63, 3.8) is 0 Å². The van der Waals surface area contributed by atoms with Gasteiger partial charge in [0.25, 0.3) is 0 Å². The number of carbonyl (C=O) groups is 1. The maximum Gasteiger partial charge on any atom is 0.221 e. The molecule has 2 rings (SSSR count). The summed E-state index contributed by atoms with van der Waals surface area (Å²) < 4.78 is 5.46. The van der Waals surface area contributed by atoms with Crippen LogP contribution in [0.3, 0.4) is 0 Å². The molecule has 1 heterocycles. The summed E-state index contributed by atoms with van der Waals surface area (Å²) in [6, 6.07) is 0.758. The quantitative estimate of drug-likeness (QED) is 0.729. The molecule has 1 amide bonds. The van der Waals surface area contributed by atoms with Crippen molar-refractivity contribution >= 4 is 5.91 Å². The Morgan fingerprint density at radius 1 is 1.50 bits per heavy atom. The Morgan fingerprint density at radius 2 is 2.31 bits per heavy atom. The van der Waals surface area contributed by atoms with Crippen LogP contribution in [0.2, 0.25) is 0 Å². The van der Waals surface area contributed by atoms with E-state index in [1.807, 2.05) is 6.92 Å². The van der Waals surface area contributed by atoms with E-state index in [1.165, 1.54) is 6.42 Å². The van der Waals surface area contributed by atoms with E-state index < -0.39 is 0 Å². The molecule has 0 aromatic heterocycles. The number of ether oxygens (including phenoxy) is 1. The molecule has 4 heteroatoms. The normalized spacial score (nSPS) is 33.4. The second-order valence-electron chi connectivity index (χ2n) is 4.81. The topological polar surface area (TPSA) is 50.4 Å². The Hall–Kier alpha value is -0.610. The summed E-state index contributed by atoms with van der Waals surface area (Å²) in [5, 5.41) is 6.41. The molecule has 1 atom stereocenters. The number of amides is 1. The fourth-order valence-corrected chi connectivity index (χ4v) is 2.50. The summed E-state index contributed by atoms with van der Waals surface area (Å²) in [5.74, 6) is 0.194. The number of hydrogen-bond acceptors (Lipinski definition) is 3. The van der Waals surface area contributed by atoms with E-state index in [4.69, 9.17) is 4.74 Å². The number of rotatable bonds is 5. The fraction of sp³-hybridized carbons (Fsp3) is 0.917. The molecule has 2 fully saturated rings. The molecule has 0 aromatic rings. The van der Waals surface area contributed by atoms with Gasteiger partial charge in [-0.25, -0.2) is 0 Å². The highest BCUT2D eigenvalue weighted by molar-refractivity contribution is 5.77. The van der Waals surface area contributed by atoms with Crippen LogP contribution in [0.15, 0.2) is 0 Å². The number of carbonyl (C=O) groups excluding carboxylic acids is 1. The van der Waals surface area contributed by atoms with Crippen molar-refractivity contribution in [2.45, 2.75) is 57.2 Å². The van der Waals surface area contributed by atoms with Crippen molar-refractivity contribution in [2.75, 3.05) is 13.2 Å². The molecule has 16 heavy (non-hydrogen) atoms. The van der Waals surface area contributed by atoms with E-state index in [1.54, 1.807) is 0 Å². The summed E-state index contributed by atoms with van der Waals surface area (Å²) in [6.45, 7) is 3.85. The molecule has 2 N–H and O–H groups in total. The van der Waals surface area contributed by atoms with Gasteiger partial charge in [0.1, 0.15) is 0 Å². The smallest absolute Gasteiger partial charge is 0.221 e. The Kier molecular flexibility index (Phi) is 4.18. The first-order valence-electron chi connectivity index (χ1n) is 6.42.